The maximum atomic E-state index is 13.0. The van der Waals surface area contributed by atoms with Crippen LogP contribution in [0.2, 0.25) is 0 Å². The lowest BCUT2D eigenvalue weighted by Gasteiger charge is -2.35. The molecule has 0 bridgehead atoms. The molecule has 3 nitrogen and oxygen atoms in total. The SMILES string of the molecule is FC(F)(F)C1CNCCCN1CC1CCCOC1. The number of ether oxygens (including phenoxy) is 1. The summed E-state index contributed by atoms with van der Waals surface area (Å²) in [6, 6.07) is -1.35. The summed E-state index contributed by atoms with van der Waals surface area (Å²) in [5.41, 5.74) is 0. The molecule has 2 aliphatic heterocycles. The first-order valence-electron chi connectivity index (χ1n) is 6.66. The number of hydrogen-bond acceptors (Lipinski definition) is 3. The molecular weight excluding hydrogens is 245 g/mol. The average molecular weight is 266 g/mol. The van der Waals surface area contributed by atoms with Crippen LogP contribution in [-0.2, 0) is 4.74 Å². The van der Waals surface area contributed by atoms with Gasteiger partial charge in [0.05, 0.1) is 6.61 Å². The Morgan fingerprint density at radius 1 is 1.28 bits per heavy atom. The highest BCUT2D eigenvalue weighted by molar-refractivity contribution is 4.85. The standard InChI is InChI=1S/C12H21F3N2O/c13-12(14,15)11-7-16-4-2-5-17(11)8-10-3-1-6-18-9-10/h10-11,16H,1-9H2. The Balaban J connectivity index is 1.96. The molecule has 18 heavy (non-hydrogen) atoms. The molecule has 2 saturated heterocycles. The van der Waals surface area contributed by atoms with E-state index < -0.39 is 12.2 Å². The lowest BCUT2D eigenvalue weighted by atomic mass is 10.0. The predicted octanol–water partition coefficient (Wildman–Crippen LogP) is 1.64. The van der Waals surface area contributed by atoms with E-state index >= 15 is 0 Å². The molecular formula is C12H21F3N2O. The van der Waals surface area contributed by atoms with Gasteiger partial charge in [0.15, 0.2) is 0 Å². The fourth-order valence-electron chi connectivity index (χ4n) is 2.76. The Morgan fingerprint density at radius 2 is 2.11 bits per heavy atom. The van der Waals surface area contributed by atoms with Crippen molar-refractivity contribution in [2.24, 2.45) is 5.92 Å². The minimum Gasteiger partial charge on any atom is -0.381 e. The summed E-state index contributed by atoms with van der Waals surface area (Å²) in [7, 11) is 0. The second-order valence-corrected chi connectivity index (χ2v) is 5.19. The lowest BCUT2D eigenvalue weighted by Crippen LogP contribution is -2.51. The molecule has 0 aromatic carbocycles. The first-order valence-corrected chi connectivity index (χ1v) is 6.66. The third-order valence-corrected chi connectivity index (χ3v) is 3.70. The zero-order valence-corrected chi connectivity index (χ0v) is 10.5. The van der Waals surface area contributed by atoms with Crippen LogP contribution < -0.4 is 5.32 Å². The minimum absolute atomic E-state index is 0.0110. The number of alkyl halides is 3. The smallest absolute Gasteiger partial charge is 0.381 e. The van der Waals surface area contributed by atoms with Crippen LogP contribution in [0.4, 0.5) is 13.2 Å². The highest BCUT2D eigenvalue weighted by atomic mass is 19.4. The van der Waals surface area contributed by atoms with Crippen molar-refractivity contribution in [2.45, 2.75) is 31.5 Å². The second-order valence-electron chi connectivity index (χ2n) is 5.19. The molecule has 0 saturated carbocycles. The predicted molar refractivity (Wildman–Crippen MR) is 62.4 cm³/mol. The van der Waals surface area contributed by atoms with Gasteiger partial charge in [-0.15, -0.1) is 0 Å². The van der Waals surface area contributed by atoms with Crippen LogP contribution in [0.25, 0.3) is 0 Å². The molecule has 0 amide bonds. The zero-order valence-electron chi connectivity index (χ0n) is 10.5. The Labute approximate surface area is 106 Å². The van der Waals surface area contributed by atoms with Gasteiger partial charge >= 0.3 is 6.18 Å². The van der Waals surface area contributed by atoms with Crippen molar-refractivity contribution in [3.63, 3.8) is 0 Å². The second kappa shape index (κ2) is 6.21. The van der Waals surface area contributed by atoms with E-state index in [4.69, 9.17) is 4.74 Å². The summed E-state index contributed by atoms with van der Waals surface area (Å²) < 4.78 is 44.4. The minimum atomic E-state index is -4.15. The number of halogens is 3. The van der Waals surface area contributed by atoms with Gasteiger partial charge in [-0.2, -0.15) is 13.2 Å². The first-order chi connectivity index (χ1) is 8.57. The zero-order chi connectivity index (χ0) is 13.0. The molecule has 2 unspecified atom stereocenters. The number of rotatable bonds is 2. The van der Waals surface area contributed by atoms with Gasteiger partial charge < -0.3 is 10.1 Å². The summed E-state index contributed by atoms with van der Waals surface area (Å²) >= 11 is 0. The van der Waals surface area contributed by atoms with E-state index in [0.29, 0.717) is 26.2 Å². The van der Waals surface area contributed by atoms with Crippen molar-refractivity contribution >= 4 is 0 Å². The highest BCUT2D eigenvalue weighted by Crippen LogP contribution is 2.27. The van der Waals surface area contributed by atoms with Crippen LogP contribution in [0.5, 0.6) is 0 Å². The Bertz CT molecular complexity index is 254. The molecule has 2 atom stereocenters. The molecule has 106 valence electrons. The van der Waals surface area contributed by atoms with Gasteiger partial charge in [-0.1, -0.05) is 0 Å². The van der Waals surface area contributed by atoms with Crippen LogP contribution in [-0.4, -0.2) is 56.5 Å². The van der Waals surface area contributed by atoms with Crippen LogP contribution >= 0.6 is 0 Å². The van der Waals surface area contributed by atoms with Crippen molar-refractivity contribution in [1.29, 1.82) is 0 Å². The van der Waals surface area contributed by atoms with Gasteiger partial charge in [-0.25, -0.2) is 0 Å². The Morgan fingerprint density at radius 3 is 2.78 bits per heavy atom. The molecule has 0 aromatic heterocycles. The van der Waals surface area contributed by atoms with Gasteiger partial charge in [0.2, 0.25) is 0 Å². The normalized spacial score (nSPS) is 32.2. The van der Waals surface area contributed by atoms with Gasteiger partial charge in [-0.3, -0.25) is 4.90 Å². The van der Waals surface area contributed by atoms with Crippen molar-refractivity contribution < 1.29 is 17.9 Å². The molecule has 0 aliphatic carbocycles. The molecule has 6 heteroatoms. The van der Waals surface area contributed by atoms with Crippen molar-refractivity contribution in [3.05, 3.63) is 0 Å². The Kier molecular flexibility index (Phi) is 4.86. The van der Waals surface area contributed by atoms with E-state index in [2.05, 4.69) is 5.32 Å². The maximum Gasteiger partial charge on any atom is 0.405 e. The van der Waals surface area contributed by atoms with Gasteiger partial charge in [-0.05, 0) is 31.7 Å². The number of nitrogens with zero attached hydrogens (tertiary/aromatic N) is 1. The quantitative estimate of drug-likeness (QED) is 0.822. The average Bonchev–Trinajstić information content (AvgIpc) is 2.55. The van der Waals surface area contributed by atoms with Gasteiger partial charge in [0.1, 0.15) is 6.04 Å². The van der Waals surface area contributed by atoms with Crippen LogP contribution in [0.15, 0.2) is 0 Å². The molecule has 2 aliphatic rings. The third kappa shape index (κ3) is 3.83. The van der Waals surface area contributed by atoms with E-state index in [1.165, 1.54) is 0 Å². The van der Waals surface area contributed by atoms with Crippen LogP contribution in [0, 0.1) is 5.92 Å². The summed E-state index contributed by atoms with van der Waals surface area (Å²) in [4.78, 5) is 1.60. The van der Waals surface area contributed by atoms with Crippen LogP contribution in [0.3, 0.4) is 0 Å². The number of nitrogens with one attached hydrogen (secondary N) is 1. The molecule has 0 aromatic rings. The summed E-state index contributed by atoms with van der Waals surface area (Å²) in [5, 5.41) is 2.88. The summed E-state index contributed by atoms with van der Waals surface area (Å²) in [6.45, 7) is 3.07. The topological polar surface area (TPSA) is 24.5 Å². The molecule has 0 spiro atoms. The highest BCUT2D eigenvalue weighted by Gasteiger charge is 2.44. The van der Waals surface area contributed by atoms with E-state index in [1.807, 2.05) is 0 Å². The molecule has 1 N–H and O–H groups in total. The monoisotopic (exact) mass is 266 g/mol. The van der Waals surface area contributed by atoms with E-state index in [1.54, 1.807) is 4.90 Å². The van der Waals surface area contributed by atoms with Gasteiger partial charge in [0.25, 0.3) is 0 Å². The summed E-state index contributed by atoms with van der Waals surface area (Å²) in [5.74, 6) is 0.252. The van der Waals surface area contributed by atoms with E-state index in [-0.39, 0.29) is 12.5 Å². The van der Waals surface area contributed by atoms with E-state index in [9.17, 15) is 13.2 Å². The molecule has 2 fully saturated rings. The maximum absolute atomic E-state index is 13.0. The van der Waals surface area contributed by atoms with Crippen molar-refractivity contribution in [3.8, 4) is 0 Å². The van der Waals surface area contributed by atoms with Crippen molar-refractivity contribution in [1.82, 2.24) is 10.2 Å². The van der Waals surface area contributed by atoms with Crippen LogP contribution in [0.1, 0.15) is 19.3 Å². The molecule has 2 heterocycles. The van der Waals surface area contributed by atoms with E-state index in [0.717, 1.165) is 25.9 Å². The van der Waals surface area contributed by atoms with Crippen molar-refractivity contribution in [2.75, 3.05) is 39.4 Å². The first kappa shape index (κ1) is 14.1. The summed E-state index contributed by atoms with van der Waals surface area (Å²) in [6.07, 6.45) is -1.42. The Hall–Kier alpha value is -0.330. The number of hydrogen-bond donors (Lipinski definition) is 1. The fraction of sp³-hybridized carbons (Fsp3) is 1.00. The van der Waals surface area contributed by atoms with Gasteiger partial charge in [0, 0.05) is 26.2 Å². The fourth-order valence-corrected chi connectivity index (χ4v) is 2.76. The largest absolute Gasteiger partial charge is 0.405 e. The third-order valence-electron chi connectivity index (χ3n) is 3.70. The molecule has 2 rings (SSSR count). The lowest BCUT2D eigenvalue weighted by molar-refractivity contribution is -0.183. The molecule has 0 radical (unpaired) electrons.